The molecule has 1 heterocycles. The van der Waals surface area contributed by atoms with Gasteiger partial charge in [-0.3, -0.25) is 4.98 Å². The van der Waals surface area contributed by atoms with Crippen molar-refractivity contribution in [1.29, 1.82) is 0 Å². The van der Waals surface area contributed by atoms with Crippen LogP contribution < -0.4 is 10.4 Å². The Morgan fingerprint density at radius 2 is 2.23 bits per heavy atom. The summed E-state index contributed by atoms with van der Waals surface area (Å²) in [4.78, 5) is 4.09. The molecule has 0 aromatic carbocycles. The second kappa shape index (κ2) is 3.11. The van der Waals surface area contributed by atoms with Crippen molar-refractivity contribution in [2.75, 3.05) is 0 Å². The number of allylic oxidation sites excluding steroid dienone is 2. The zero-order valence-corrected chi connectivity index (χ0v) is 8.95. The lowest BCUT2D eigenvalue weighted by molar-refractivity contribution is 1.09. The number of alkyl halides is 1. The van der Waals surface area contributed by atoms with Crippen LogP contribution in [0.5, 0.6) is 0 Å². The number of hydrogen-bond acceptors (Lipinski definition) is 1. The van der Waals surface area contributed by atoms with Gasteiger partial charge in [-0.1, -0.05) is 40.2 Å². The van der Waals surface area contributed by atoms with E-state index in [0.29, 0.717) is 0 Å². The molecule has 1 aromatic rings. The van der Waals surface area contributed by atoms with E-state index < -0.39 is 0 Å². The molecule has 0 saturated carbocycles. The summed E-state index contributed by atoms with van der Waals surface area (Å²) in [6.07, 6.45) is 12.1. The van der Waals surface area contributed by atoms with E-state index in [0.717, 1.165) is 0 Å². The van der Waals surface area contributed by atoms with E-state index in [9.17, 15) is 0 Å². The van der Waals surface area contributed by atoms with Crippen molar-refractivity contribution in [1.82, 2.24) is 4.98 Å². The first-order valence-corrected chi connectivity index (χ1v) is 4.98. The van der Waals surface area contributed by atoms with Crippen LogP contribution in [-0.2, 0) is 0 Å². The van der Waals surface area contributed by atoms with Crippen molar-refractivity contribution in [2.45, 2.75) is 11.2 Å². The molecule has 0 radical (unpaired) electrons. The largest absolute Gasteiger partial charge is 0.264 e. The van der Waals surface area contributed by atoms with Crippen LogP contribution in [0.15, 0.2) is 30.6 Å². The molecule has 1 aliphatic carbocycles. The van der Waals surface area contributed by atoms with Crippen LogP contribution in [0.25, 0.3) is 12.2 Å². The van der Waals surface area contributed by atoms with Crippen molar-refractivity contribution in [3.8, 4) is 0 Å². The van der Waals surface area contributed by atoms with Gasteiger partial charge in [0.2, 0.25) is 0 Å². The molecule has 0 spiro atoms. The van der Waals surface area contributed by atoms with Gasteiger partial charge in [0.1, 0.15) is 0 Å². The highest BCUT2D eigenvalue weighted by Crippen LogP contribution is 2.20. The second-order valence-electron chi connectivity index (χ2n) is 3.33. The van der Waals surface area contributed by atoms with Gasteiger partial charge in [-0.2, -0.15) is 0 Å². The molecular formula is C11H10BrN. The predicted molar refractivity (Wildman–Crippen MR) is 58.9 cm³/mol. The fourth-order valence-corrected chi connectivity index (χ4v) is 1.78. The third-order valence-corrected chi connectivity index (χ3v) is 2.52. The van der Waals surface area contributed by atoms with Crippen molar-refractivity contribution in [3.63, 3.8) is 0 Å². The van der Waals surface area contributed by atoms with Gasteiger partial charge in [-0.15, -0.1) is 0 Å². The Bertz CT molecular complexity index is 457. The van der Waals surface area contributed by atoms with Gasteiger partial charge in [0.25, 0.3) is 0 Å². The molecule has 1 unspecified atom stereocenters. The summed E-state index contributed by atoms with van der Waals surface area (Å²) in [6, 6.07) is 2.03. The molecule has 0 bridgehead atoms. The molecule has 1 aromatic heterocycles. The number of halogens is 1. The average molecular weight is 236 g/mol. The number of rotatable bonds is 0. The van der Waals surface area contributed by atoms with E-state index in [4.69, 9.17) is 0 Å². The molecular weight excluding hydrogens is 226 g/mol. The van der Waals surface area contributed by atoms with Crippen LogP contribution in [-0.4, -0.2) is 9.31 Å². The summed E-state index contributed by atoms with van der Waals surface area (Å²) in [5.41, 5.74) is 0. The van der Waals surface area contributed by atoms with Crippen LogP contribution in [0, 0.1) is 0 Å². The summed E-state index contributed by atoms with van der Waals surface area (Å²) in [7, 11) is 0. The zero-order chi connectivity index (χ0) is 9.31. The quantitative estimate of drug-likeness (QED) is 0.620. The lowest BCUT2D eigenvalue weighted by Gasteiger charge is -2.10. The van der Waals surface area contributed by atoms with Gasteiger partial charge < -0.3 is 0 Å². The summed E-state index contributed by atoms with van der Waals surface area (Å²) >= 11 is 3.63. The lowest BCUT2D eigenvalue weighted by atomic mass is 10.1. The van der Waals surface area contributed by atoms with Crippen molar-refractivity contribution >= 4 is 28.1 Å². The minimum Gasteiger partial charge on any atom is -0.264 e. The van der Waals surface area contributed by atoms with E-state index in [1.165, 1.54) is 10.4 Å². The van der Waals surface area contributed by atoms with Crippen LogP contribution in [0.1, 0.15) is 6.92 Å². The molecule has 2 heteroatoms. The smallest absolute Gasteiger partial charge is 0.0600 e. The molecule has 13 heavy (non-hydrogen) atoms. The molecule has 0 saturated heterocycles. The third-order valence-electron chi connectivity index (χ3n) is 2.02. The highest BCUT2D eigenvalue weighted by molar-refractivity contribution is 9.10. The highest BCUT2D eigenvalue weighted by atomic mass is 79.9. The van der Waals surface area contributed by atoms with E-state index in [-0.39, 0.29) is 4.32 Å². The molecule has 0 amide bonds. The Balaban J connectivity index is 2.77. The number of nitrogens with zero attached hydrogens (tertiary/aromatic N) is 1. The lowest BCUT2D eigenvalue weighted by Crippen LogP contribution is -2.26. The fraction of sp³-hybridized carbons (Fsp3) is 0.182. The third kappa shape index (κ3) is 1.89. The average Bonchev–Trinajstić information content (AvgIpc) is 2.21. The predicted octanol–water partition coefficient (Wildman–Crippen LogP) is 1.37. The SMILES string of the molecule is CC1(Br)C=CC=c2cnccc2=C1. The number of pyridine rings is 1. The van der Waals surface area contributed by atoms with Crippen molar-refractivity contribution in [2.24, 2.45) is 0 Å². The number of fused-ring (bicyclic) bond motifs is 1. The Morgan fingerprint density at radius 3 is 3.08 bits per heavy atom. The first-order chi connectivity index (χ1) is 6.17. The highest BCUT2D eigenvalue weighted by Gasteiger charge is 2.12. The molecule has 0 fully saturated rings. The summed E-state index contributed by atoms with van der Waals surface area (Å²) in [5.74, 6) is 0. The molecule has 1 nitrogen and oxygen atoms in total. The first kappa shape index (κ1) is 8.70. The summed E-state index contributed by atoms with van der Waals surface area (Å²) in [5, 5.41) is 2.39. The van der Waals surface area contributed by atoms with Crippen LogP contribution in [0.3, 0.4) is 0 Å². The summed E-state index contributed by atoms with van der Waals surface area (Å²) in [6.45, 7) is 2.12. The molecule has 0 N–H and O–H groups in total. The van der Waals surface area contributed by atoms with Crippen LogP contribution >= 0.6 is 15.9 Å². The topological polar surface area (TPSA) is 12.9 Å². The Labute approximate surface area is 85.6 Å². The van der Waals surface area contributed by atoms with Gasteiger partial charge in [0.05, 0.1) is 4.32 Å². The van der Waals surface area contributed by atoms with Crippen LogP contribution in [0.4, 0.5) is 0 Å². The number of aromatic nitrogens is 1. The normalized spacial score (nSPS) is 25.4. The maximum absolute atomic E-state index is 4.09. The van der Waals surface area contributed by atoms with Crippen molar-refractivity contribution < 1.29 is 0 Å². The fourth-order valence-electron chi connectivity index (χ4n) is 1.38. The minimum absolute atomic E-state index is 0.0455. The Morgan fingerprint density at radius 1 is 1.38 bits per heavy atom. The van der Waals surface area contributed by atoms with Gasteiger partial charge in [-0.25, -0.2) is 0 Å². The monoisotopic (exact) mass is 235 g/mol. The Hall–Kier alpha value is -0.890. The first-order valence-electron chi connectivity index (χ1n) is 4.19. The molecule has 2 rings (SSSR count). The summed E-state index contributed by atoms with van der Waals surface area (Å²) < 4.78 is -0.0455. The van der Waals surface area contributed by atoms with E-state index in [2.05, 4.69) is 52.1 Å². The minimum atomic E-state index is -0.0455. The van der Waals surface area contributed by atoms with E-state index in [1.54, 1.807) is 0 Å². The van der Waals surface area contributed by atoms with E-state index in [1.807, 2.05) is 18.5 Å². The number of hydrogen-bond donors (Lipinski definition) is 0. The molecule has 66 valence electrons. The molecule has 1 atom stereocenters. The van der Waals surface area contributed by atoms with E-state index >= 15 is 0 Å². The van der Waals surface area contributed by atoms with Gasteiger partial charge in [0, 0.05) is 12.4 Å². The van der Waals surface area contributed by atoms with Gasteiger partial charge >= 0.3 is 0 Å². The van der Waals surface area contributed by atoms with Crippen LogP contribution in [0.2, 0.25) is 0 Å². The molecule has 1 aliphatic rings. The van der Waals surface area contributed by atoms with Gasteiger partial charge in [-0.05, 0) is 23.4 Å². The standard InChI is InChI=1S/C11H10BrN/c1-11(12)5-2-3-10-8-13-6-4-9(10)7-11/h2-8H,1H3. The molecule has 0 aliphatic heterocycles. The van der Waals surface area contributed by atoms with Crippen molar-refractivity contribution in [3.05, 3.63) is 41.0 Å². The Kier molecular flexibility index (Phi) is 2.08. The zero-order valence-electron chi connectivity index (χ0n) is 7.37. The van der Waals surface area contributed by atoms with Gasteiger partial charge in [0.15, 0.2) is 0 Å². The second-order valence-corrected chi connectivity index (χ2v) is 5.03. The maximum Gasteiger partial charge on any atom is 0.0600 e. The maximum atomic E-state index is 4.09.